The van der Waals surface area contributed by atoms with Crippen LogP contribution in [0.2, 0.25) is 0 Å². The second-order valence-electron chi connectivity index (χ2n) is 5.97. The summed E-state index contributed by atoms with van der Waals surface area (Å²) < 4.78 is 5.97. The number of hydrogen-bond acceptors (Lipinski definition) is 2. The summed E-state index contributed by atoms with van der Waals surface area (Å²) in [6, 6.07) is 13.6. The maximum atomic E-state index is 12.8. The van der Waals surface area contributed by atoms with Crippen LogP contribution in [0.15, 0.2) is 42.5 Å². The number of ether oxygens (including phenoxy) is 1. The molecule has 120 valence electrons. The van der Waals surface area contributed by atoms with E-state index in [1.165, 1.54) is 0 Å². The molecule has 23 heavy (non-hydrogen) atoms. The number of fused-ring (bicyclic) bond motifs is 1. The van der Waals surface area contributed by atoms with Gasteiger partial charge in [-0.3, -0.25) is 4.90 Å². The van der Waals surface area contributed by atoms with Gasteiger partial charge >= 0.3 is 6.03 Å². The van der Waals surface area contributed by atoms with Gasteiger partial charge < -0.3 is 10.1 Å². The molecule has 1 N–H and O–H groups in total. The monoisotopic (exact) mass is 310 g/mol. The zero-order chi connectivity index (χ0) is 16.4. The van der Waals surface area contributed by atoms with E-state index in [-0.39, 0.29) is 12.1 Å². The van der Waals surface area contributed by atoms with Crippen molar-refractivity contribution in [1.82, 2.24) is 0 Å². The van der Waals surface area contributed by atoms with Gasteiger partial charge in [0.05, 0.1) is 12.2 Å². The van der Waals surface area contributed by atoms with Gasteiger partial charge in [-0.1, -0.05) is 31.2 Å². The predicted octanol–water partition coefficient (Wildman–Crippen LogP) is 4.51. The zero-order valence-electron chi connectivity index (χ0n) is 13.8. The van der Waals surface area contributed by atoms with E-state index in [1.807, 2.05) is 56.3 Å². The van der Waals surface area contributed by atoms with Gasteiger partial charge in [0.1, 0.15) is 11.9 Å². The van der Waals surface area contributed by atoms with Crippen molar-refractivity contribution in [2.24, 2.45) is 0 Å². The Bertz CT molecular complexity index is 727. The average molecular weight is 310 g/mol. The summed E-state index contributed by atoms with van der Waals surface area (Å²) in [5, 5.41) is 3.02. The molecule has 3 rings (SSSR count). The summed E-state index contributed by atoms with van der Waals surface area (Å²) in [4.78, 5) is 14.6. The number of nitrogens with one attached hydrogen (secondary N) is 1. The Kier molecular flexibility index (Phi) is 4.24. The van der Waals surface area contributed by atoms with E-state index in [9.17, 15) is 4.79 Å². The summed E-state index contributed by atoms with van der Waals surface area (Å²) >= 11 is 0. The first-order valence-electron chi connectivity index (χ1n) is 8.00. The number of nitrogens with zero attached hydrogens (tertiary/aromatic N) is 1. The summed E-state index contributed by atoms with van der Waals surface area (Å²) in [5.41, 5.74) is 3.83. The van der Waals surface area contributed by atoms with E-state index >= 15 is 0 Å². The van der Waals surface area contributed by atoms with Crippen molar-refractivity contribution < 1.29 is 9.53 Å². The maximum absolute atomic E-state index is 12.8. The van der Waals surface area contributed by atoms with Crippen molar-refractivity contribution in [1.29, 1.82) is 0 Å². The van der Waals surface area contributed by atoms with Crippen molar-refractivity contribution in [3.8, 4) is 5.75 Å². The lowest BCUT2D eigenvalue weighted by molar-refractivity contribution is 0.188. The minimum Gasteiger partial charge on any atom is -0.486 e. The highest BCUT2D eigenvalue weighted by molar-refractivity contribution is 6.03. The van der Waals surface area contributed by atoms with E-state index in [4.69, 9.17) is 4.74 Å². The van der Waals surface area contributed by atoms with Gasteiger partial charge in [0, 0.05) is 5.69 Å². The average Bonchev–Trinajstić information content (AvgIpc) is 2.56. The van der Waals surface area contributed by atoms with Crippen molar-refractivity contribution >= 4 is 17.4 Å². The zero-order valence-corrected chi connectivity index (χ0v) is 13.8. The number of aryl methyl sites for hydroxylation is 2. The van der Waals surface area contributed by atoms with Gasteiger partial charge in [0.25, 0.3) is 0 Å². The van der Waals surface area contributed by atoms with Crippen molar-refractivity contribution in [3.63, 3.8) is 0 Å². The highest BCUT2D eigenvalue weighted by atomic mass is 16.5. The summed E-state index contributed by atoms with van der Waals surface area (Å²) in [7, 11) is 0. The van der Waals surface area contributed by atoms with Gasteiger partial charge in [-0.15, -0.1) is 0 Å². The lowest BCUT2D eigenvalue weighted by Crippen LogP contribution is -2.45. The van der Waals surface area contributed by atoms with E-state index in [1.54, 1.807) is 4.90 Å². The Morgan fingerprint density at radius 3 is 2.78 bits per heavy atom. The van der Waals surface area contributed by atoms with E-state index in [0.29, 0.717) is 6.54 Å². The summed E-state index contributed by atoms with van der Waals surface area (Å²) in [6.45, 7) is 6.64. The van der Waals surface area contributed by atoms with E-state index in [0.717, 1.165) is 34.7 Å². The lowest BCUT2D eigenvalue weighted by Gasteiger charge is -2.34. The van der Waals surface area contributed by atoms with Gasteiger partial charge in [-0.05, 0) is 49.6 Å². The fourth-order valence-electron chi connectivity index (χ4n) is 2.76. The number of urea groups is 1. The van der Waals surface area contributed by atoms with Gasteiger partial charge in [-0.2, -0.15) is 0 Å². The molecular formula is C19H22N2O2. The van der Waals surface area contributed by atoms with Crippen LogP contribution in [0.3, 0.4) is 0 Å². The Hall–Kier alpha value is -2.49. The minimum absolute atomic E-state index is 0.0211. The number of para-hydroxylation sites is 1. The Morgan fingerprint density at radius 2 is 2.04 bits per heavy atom. The van der Waals surface area contributed by atoms with Crippen molar-refractivity contribution in [3.05, 3.63) is 53.6 Å². The first kappa shape index (κ1) is 15.4. The predicted molar refractivity (Wildman–Crippen MR) is 93.4 cm³/mol. The van der Waals surface area contributed by atoms with Crippen LogP contribution in [0, 0.1) is 13.8 Å². The standard InChI is InChI=1S/C19H22N2O2/c1-4-15-12-21(17-11-13(2)9-10-18(17)23-15)19(22)20-16-8-6-5-7-14(16)3/h5-11,15H,4,12H2,1-3H3,(H,20,22)/t15-/m1/s1. The number of amides is 2. The minimum atomic E-state index is -0.118. The molecule has 1 heterocycles. The molecule has 4 nitrogen and oxygen atoms in total. The van der Waals surface area contributed by atoms with Crippen molar-refractivity contribution in [2.45, 2.75) is 33.3 Å². The first-order valence-corrected chi connectivity index (χ1v) is 8.00. The maximum Gasteiger partial charge on any atom is 0.326 e. The fraction of sp³-hybridized carbons (Fsp3) is 0.316. The molecule has 2 aromatic carbocycles. The van der Waals surface area contributed by atoms with Gasteiger partial charge in [0.2, 0.25) is 0 Å². The van der Waals surface area contributed by atoms with Crippen LogP contribution in [0.25, 0.3) is 0 Å². The first-order chi connectivity index (χ1) is 11.1. The van der Waals surface area contributed by atoms with Crippen molar-refractivity contribution in [2.75, 3.05) is 16.8 Å². The molecule has 0 fully saturated rings. The van der Waals surface area contributed by atoms with Crippen LogP contribution in [-0.2, 0) is 0 Å². The highest BCUT2D eigenvalue weighted by Gasteiger charge is 2.29. The lowest BCUT2D eigenvalue weighted by atomic mass is 10.1. The largest absolute Gasteiger partial charge is 0.486 e. The second kappa shape index (κ2) is 6.32. The van der Waals surface area contributed by atoms with E-state index in [2.05, 4.69) is 12.2 Å². The quantitative estimate of drug-likeness (QED) is 0.886. The number of carbonyl (C=O) groups is 1. The third kappa shape index (κ3) is 3.16. The molecule has 4 heteroatoms. The molecule has 0 saturated heterocycles. The molecule has 0 unspecified atom stereocenters. The van der Waals surface area contributed by atoms with Crippen LogP contribution in [0.5, 0.6) is 5.75 Å². The molecule has 2 aromatic rings. The van der Waals surface area contributed by atoms with Crippen LogP contribution in [-0.4, -0.2) is 18.7 Å². The third-order valence-corrected chi connectivity index (χ3v) is 4.17. The smallest absolute Gasteiger partial charge is 0.326 e. The van der Waals surface area contributed by atoms with Gasteiger partial charge in [0.15, 0.2) is 0 Å². The number of hydrogen-bond donors (Lipinski definition) is 1. The molecule has 1 atom stereocenters. The van der Waals surface area contributed by atoms with Crippen LogP contribution in [0.4, 0.5) is 16.2 Å². The molecule has 0 aliphatic carbocycles. The normalized spacial score (nSPS) is 16.5. The number of anilines is 2. The molecule has 0 spiro atoms. The number of carbonyl (C=O) groups excluding carboxylic acids is 1. The summed E-state index contributed by atoms with van der Waals surface area (Å²) in [5.74, 6) is 0.772. The fourth-order valence-corrected chi connectivity index (χ4v) is 2.76. The van der Waals surface area contributed by atoms with Crippen LogP contribution < -0.4 is 15.0 Å². The van der Waals surface area contributed by atoms with Crippen LogP contribution >= 0.6 is 0 Å². The Labute approximate surface area is 137 Å². The van der Waals surface area contributed by atoms with E-state index < -0.39 is 0 Å². The number of benzene rings is 2. The SMILES string of the molecule is CC[C@@H]1CN(C(=O)Nc2ccccc2C)c2cc(C)ccc2O1. The second-order valence-corrected chi connectivity index (χ2v) is 5.97. The molecule has 1 aliphatic heterocycles. The molecule has 0 bridgehead atoms. The third-order valence-electron chi connectivity index (χ3n) is 4.17. The molecule has 2 amide bonds. The summed E-state index contributed by atoms with van der Waals surface area (Å²) in [6.07, 6.45) is 0.884. The Morgan fingerprint density at radius 1 is 1.26 bits per heavy atom. The molecule has 0 saturated carbocycles. The molecular weight excluding hydrogens is 288 g/mol. The Balaban J connectivity index is 1.90. The van der Waals surface area contributed by atoms with Gasteiger partial charge in [-0.25, -0.2) is 4.79 Å². The highest BCUT2D eigenvalue weighted by Crippen LogP contribution is 2.35. The van der Waals surface area contributed by atoms with Crippen LogP contribution in [0.1, 0.15) is 24.5 Å². The number of rotatable bonds is 2. The molecule has 1 aliphatic rings. The molecule has 0 radical (unpaired) electrons. The molecule has 0 aromatic heterocycles. The topological polar surface area (TPSA) is 41.6 Å².